The number of hydrogen-bond donors (Lipinski definition) is 3. The normalized spacial score (nSPS) is 11.5. The molecule has 5 heteroatoms. The second-order valence-corrected chi connectivity index (χ2v) is 4.81. The minimum Gasteiger partial charge on any atom is -0.497 e. The second kappa shape index (κ2) is 8.05. The number of anilines is 1. The fourth-order valence-electron chi connectivity index (χ4n) is 2.16. The second-order valence-electron chi connectivity index (χ2n) is 4.81. The standard InChI is InChI=1S/C17H20N2O3/c1-22-15-9-5-8-14(12-15)18-17(21)19-16(10-11-20)13-6-3-2-4-7-13/h2-9,12,16,20H,10-11H2,1H3,(H2,18,19,21)/t16-/m1/s1. The zero-order chi connectivity index (χ0) is 15.8. The van der Waals surface area contributed by atoms with Crippen LogP contribution in [0.2, 0.25) is 0 Å². The van der Waals surface area contributed by atoms with E-state index in [0.29, 0.717) is 17.9 Å². The minimum atomic E-state index is -0.324. The first-order valence-corrected chi connectivity index (χ1v) is 7.10. The third-order valence-electron chi connectivity index (χ3n) is 3.25. The number of rotatable bonds is 6. The van der Waals surface area contributed by atoms with Gasteiger partial charge in [0, 0.05) is 18.4 Å². The molecule has 0 radical (unpaired) electrons. The number of amides is 2. The van der Waals surface area contributed by atoms with E-state index < -0.39 is 0 Å². The van der Waals surface area contributed by atoms with Crippen molar-refractivity contribution < 1.29 is 14.6 Å². The maximum Gasteiger partial charge on any atom is 0.319 e. The van der Waals surface area contributed by atoms with Gasteiger partial charge in [0.05, 0.1) is 13.2 Å². The minimum absolute atomic E-state index is 0.000991. The van der Waals surface area contributed by atoms with Gasteiger partial charge in [-0.2, -0.15) is 0 Å². The summed E-state index contributed by atoms with van der Waals surface area (Å²) in [7, 11) is 1.58. The Balaban J connectivity index is 2.02. The number of nitrogens with one attached hydrogen (secondary N) is 2. The van der Waals surface area contributed by atoms with Crippen LogP contribution in [0.3, 0.4) is 0 Å². The van der Waals surface area contributed by atoms with Crippen LogP contribution in [-0.4, -0.2) is 24.9 Å². The summed E-state index contributed by atoms with van der Waals surface area (Å²) >= 11 is 0. The summed E-state index contributed by atoms with van der Waals surface area (Å²) in [6, 6.07) is 16.1. The van der Waals surface area contributed by atoms with Crippen molar-refractivity contribution in [3.63, 3.8) is 0 Å². The third kappa shape index (κ3) is 4.49. The van der Waals surface area contributed by atoms with Gasteiger partial charge >= 0.3 is 6.03 Å². The summed E-state index contributed by atoms with van der Waals surface area (Å²) in [5, 5.41) is 14.8. The highest BCUT2D eigenvalue weighted by molar-refractivity contribution is 5.89. The molecular formula is C17H20N2O3. The van der Waals surface area contributed by atoms with Crippen molar-refractivity contribution in [2.45, 2.75) is 12.5 Å². The van der Waals surface area contributed by atoms with Gasteiger partial charge in [0.1, 0.15) is 5.75 Å². The fourth-order valence-corrected chi connectivity index (χ4v) is 2.16. The van der Waals surface area contributed by atoms with E-state index in [-0.39, 0.29) is 18.7 Å². The highest BCUT2D eigenvalue weighted by Crippen LogP contribution is 2.18. The first kappa shape index (κ1) is 15.9. The molecule has 0 aliphatic carbocycles. The van der Waals surface area contributed by atoms with Gasteiger partial charge in [0.25, 0.3) is 0 Å². The molecule has 0 spiro atoms. The molecule has 116 valence electrons. The number of aliphatic hydroxyl groups is 1. The molecule has 0 bridgehead atoms. The van der Waals surface area contributed by atoms with Crippen LogP contribution in [0.4, 0.5) is 10.5 Å². The van der Waals surface area contributed by atoms with Crippen LogP contribution >= 0.6 is 0 Å². The molecule has 2 aromatic carbocycles. The number of benzene rings is 2. The van der Waals surface area contributed by atoms with Crippen molar-refractivity contribution in [2.24, 2.45) is 0 Å². The van der Waals surface area contributed by atoms with Crippen LogP contribution in [0.1, 0.15) is 18.0 Å². The van der Waals surface area contributed by atoms with E-state index >= 15 is 0 Å². The molecule has 0 saturated heterocycles. The Morgan fingerprint density at radius 2 is 1.95 bits per heavy atom. The van der Waals surface area contributed by atoms with Crippen LogP contribution in [0.15, 0.2) is 54.6 Å². The average molecular weight is 300 g/mol. The maximum atomic E-state index is 12.1. The molecule has 0 fully saturated rings. The molecule has 0 heterocycles. The van der Waals surface area contributed by atoms with Crippen molar-refractivity contribution in [3.05, 3.63) is 60.2 Å². The molecule has 2 aromatic rings. The Labute approximate surface area is 129 Å². The lowest BCUT2D eigenvalue weighted by atomic mass is 10.0. The Kier molecular flexibility index (Phi) is 5.80. The third-order valence-corrected chi connectivity index (χ3v) is 3.25. The van der Waals surface area contributed by atoms with E-state index in [1.165, 1.54) is 0 Å². The number of aliphatic hydroxyl groups excluding tert-OH is 1. The van der Waals surface area contributed by atoms with Gasteiger partial charge in [-0.05, 0) is 24.1 Å². The highest BCUT2D eigenvalue weighted by Gasteiger charge is 2.14. The van der Waals surface area contributed by atoms with Crippen LogP contribution in [0.5, 0.6) is 5.75 Å². The van der Waals surface area contributed by atoms with Crippen molar-refractivity contribution in [3.8, 4) is 5.75 Å². The monoisotopic (exact) mass is 300 g/mol. The number of methoxy groups -OCH3 is 1. The van der Waals surface area contributed by atoms with E-state index in [0.717, 1.165) is 5.56 Å². The molecule has 22 heavy (non-hydrogen) atoms. The van der Waals surface area contributed by atoms with Gasteiger partial charge in [-0.1, -0.05) is 36.4 Å². The summed E-state index contributed by atoms with van der Waals surface area (Å²) in [4.78, 5) is 12.1. The smallest absolute Gasteiger partial charge is 0.319 e. The lowest BCUT2D eigenvalue weighted by Crippen LogP contribution is -2.33. The summed E-state index contributed by atoms with van der Waals surface area (Å²) in [6.45, 7) is -0.000991. The molecular weight excluding hydrogens is 280 g/mol. The van der Waals surface area contributed by atoms with Gasteiger partial charge in [0.15, 0.2) is 0 Å². The number of ether oxygens (including phenoxy) is 1. The number of carbonyl (C=O) groups excluding carboxylic acids is 1. The number of urea groups is 1. The molecule has 2 amide bonds. The van der Waals surface area contributed by atoms with Gasteiger partial charge in [-0.3, -0.25) is 0 Å². The van der Waals surface area contributed by atoms with Crippen molar-refractivity contribution in [1.82, 2.24) is 5.32 Å². The van der Waals surface area contributed by atoms with Crippen molar-refractivity contribution in [2.75, 3.05) is 19.0 Å². The first-order valence-electron chi connectivity index (χ1n) is 7.10. The van der Waals surface area contributed by atoms with Crippen LogP contribution in [0, 0.1) is 0 Å². The van der Waals surface area contributed by atoms with Gasteiger partial charge in [-0.15, -0.1) is 0 Å². The highest BCUT2D eigenvalue weighted by atomic mass is 16.5. The molecule has 0 aliphatic heterocycles. The topological polar surface area (TPSA) is 70.6 Å². The van der Waals surface area contributed by atoms with E-state index in [4.69, 9.17) is 4.74 Å². The Morgan fingerprint density at radius 1 is 1.18 bits per heavy atom. The van der Waals surface area contributed by atoms with Gasteiger partial charge < -0.3 is 20.5 Å². The van der Waals surface area contributed by atoms with Gasteiger partial charge in [0.2, 0.25) is 0 Å². The molecule has 0 saturated carbocycles. The van der Waals surface area contributed by atoms with E-state index in [2.05, 4.69) is 10.6 Å². The SMILES string of the molecule is COc1cccc(NC(=O)N[C@H](CCO)c2ccccc2)c1. The zero-order valence-corrected chi connectivity index (χ0v) is 12.5. The first-order chi connectivity index (χ1) is 10.7. The molecule has 0 aliphatic rings. The summed E-state index contributed by atoms with van der Waals surface area (Å²) in [6.07, 6.45) is 0.454. The van der Waals surface area contributed by atoms with Crippen molar-refractivity contribution in [1.29, 1.82) is 0 Å². The number of carbonyl (C=O) groups is 1. The molecule has 2 rings (SSSR count). The predicted octanol–water partition coefficient (Wildman–Crippen LogP) is 2.94. The lowest BCUT2D eigenvalue weighted by Gasteiger charge is -2.18. The molecule has 5 nitrogen and oxygen atoms in total. The Bertz CT molecular complexity index is 602. The molecule has 0 aromatic heterocycles. The van der Waals surface area contributed by atoms with E-state index in [1.807, 2.05) is 36.4 Å². The number of hydrogen-bond acceptors (Lipinski definition) is 3. The fraction of sp³-hybridized carbons (Fsp3) is 0.235. The molecule has 3 N–H and O–H groups in total. The maximum absolute atomic E-state index is 12.1. The Hall–Kier alpha value is -2.53. The molecule has 0 unspecified atom stereocenters. The van der Waals surface area contributed by atoms with Crippen LogP contribution in [-0.2, 0) is 0 Å². The van der Waals surface area contributed by atoms with Gasteiger partial charge in [-0.25, -0.2) is 4.79 Å². The zero-order valence-electron chi connectivity index (χ0n) is 12.5. The quantitative estimate of drug-likeness (QED) is 0.768. The lowest BCUT2D eigenvalue weighted by molar-refractivity contribution is 0.239. The summed E-state index contributed by atoms with van der Waals surface area (Å²) < 4.78 is 5.12. The summed E-state index contributed by atoms with van der Waals surface area (Å²) in [5.41, 5.74) is 1.60. The summed E-state index contributed by atoms with van der Waals surface area (Å²) in [5.74, 6) is 0.674. The van der Waals surface area contributed by atoms with Crippen LogP contribution in [0.25, 0.3) is 0 Å². The van der Waals surface area contributed by atoms with E-state index in [9.17, 15) is 9.90 Å². The Morgan fingerprint density at radius 3 is 2.64 bits per heavy atom. The average Bonchev–Trinajstić information content (AvgIpc) is 2.55. The largest absolute Gasteiger partial charge is 0.497 e. The van der Waals surface area contributed by atoms with Crippen molar-refractivity contribution >= 4 is 11.7 Å². The van der Waals surface area contributed by atoms with Crippen LogP contribution < -0.4 is 15.4 Å². The predicted molar refractivity (Wildman–Crippen MR) is 86.0 cm³/mol. The van der Waals surface area contributed by atoms with E-state index in [1.54, 1.807) is 25.3 Å². The molecule has 1 atom stereocenters.